The maximum absolute atomic E-state index is 11.6. The van der Waals surface area contributed by atoms with Gasteiger partial charge in [-0.1, -0.05) is 13.3 Å². The summed E-state index contributed by atoms with van der Waals surface area (Å²) >= 11 is 0. The minimum atomic E-state index is -0.426. The van der Waals surface area contributed by atoms with Crippen LogP contribution in [0.25, 0.3) is 0 Å². The molecule has 0 amide bonds. The minimum absolute atomic E-state index is 0.217. The number of unbranched alkanes of at least 4 members (excludes halogenated alkanes) is 1. The molecule has 4 nitrogen and oxygen atoms in total. The summed E-state index contributed by atoms with van der Waals surface area (Å²) in [6.07, 6.45) is 2.23. The van der Waals surface area contributed by atoms with Gasteiger partial charge in [0.15, 0.2) is 0 Å². The maximum atomic E-state index is 11.6. The normalized spacial score (nSPS) is 13.5. The molecule has 0 aromatic rings. The molecule has 0 spiro atoms. The van der Waals surface area contributed by atoms with Crippen LogP contribution in [0, 0.1) is 0 Å². The molecule has 0 saturated carbocycles. The molecule has 0 aliphatic carbocycles. The van der Waals surface area contributed by atoms with E-state index in [1.807, 2.05) is 20.8 Å². The lowest BCUT2D eigenvalue weighted by Gasteiger charge is -2.22. The van der Waals surface area contributed by atoms with Gasteiger partial charge < -0.3 is 14.8 Å². The van der Waals surface area contributed by atoms with Gasteiger partial charge in [-0.2, -0.15) is 0 Å². The molecule has 0 aromatic carbocycles. The highest BCUT2D eigenvalue weighted by atomic mass is 16.6. The molecule has 0 fully saturated rings. The molecule has 0 rings (SSSR count). The Bertz CT molecular complexity index is 211. The van der Waals surface area contributed by atoms with Crippen LogP contribution < -0.4 is 5.32 Å². The van der Waals surface area contributed by atoms with Gasteiger partial charge in [0, 0.05) is 13.2 Å². The van der Waals surface area contributed by atoms with E-state index in [9.17, 15) is 4.79 Å². The fourth-order valence-electron chi connectivity index (χ4n) is 1.17. The first-order valence-corrected chi connectivity index (χ1v) is 6.41. The topological polar surface area (TPSA) is 47.6 Å². The Morgan fingerprint density at radius 3 is 2.47 bits per heavy atom. The van der Waals surface area contributed by atoms with E-state index in [1.165, 1.54) is 0 Å². The van der Waals surface area contributed by atoms with Crippen molar-refractivity contribution >= 4 is 5.97 Å². The highest BCUT2D eigenvalue weighted by Gasteiger charge is 2.20. The van der Waals surface area contributed by atoms with Crippen LogP contribution in [0.1, 0.15) is 47.5 Å². The van der Waals surface area contributed by atoms with E-state index in [1.54, 1.807) is 6.92 Å². The van der Waals surface area contributed by atoms with Gasteiger partial charge >= 0.3 is 5.97 Å². The number of esters is 1. The Morgan fingerprint density at radius 2 is 1.94 bits per heavy atom. The number of hydrogen-bond donors (Lipinski definition) is 1. The van der Waals surface area contributed by atoms with Crippen molar-refractivity contribution in [2.45, 2.75) is 59.1 Å². The van der Waals surface area contributed by atoms with E-state index < -0.39 is 5.60 Å². The zero-order chi connectivity index (χ0) is 13.3. The van der Waals surface area contributed by atoms with Crippen LogP contribution in [0.3, 0.4) is 0 Å². The molecule has 0 aliphatic heterocycles. The number of nitrogens with one attached hydrogen (secondary N) is 1. The molecule has 4 heteroatoms. The van der Waals surface area contributed by atoms with Gasteiger partial charge in [0.25, 0.3) is 0 Å². The number of hydrogen-bond acceptors (Lipinski definition) is 4. The van der Waals surface area contributed by atoms with Crippen molar-refractivity contribution in [1.82, 2.24) is 5.32 Å². The summed E-state index contributed by atoms with van der Waals surface area (Å²) in [5.41, 5.74) is -0.426. The van der Waals surface area contributed by atoms with E-state index in [0.717, 1.165) is 19.4 Å². The zero-order valence-corrected chi connectivity index (χ0v) is 11.8. The van der Waals surface area contributed by atoms with E-state index in [0.29, 0.717) is 13.2 Å². The van der Waals surface area contributed by atoms with Gasteiger partial charge in [0.05, 0.1) is 6.61 Å². The van der Waals surface area contributed by atoms with Gasteiger partial charge in [-0.3, -0.25) is 4.79 Å². The molecule has 0 aromatic heterocycles. The summed E-state index contributed by atoms with van der Waals surface area (Å²) in [7, 11) is 0. The second-order valence-electron chi connectivity index (χ2n) is 5.18. The van der Waals surface area contributed by atoms with E-state index >= 15 is 0 Å². The largest absolute Gasteiger partial charge is 0.459 e. The smallest absolute Gasteiger partial charge is 0.323 e. The van der Waals surface area contributed by atoms with Crippen LogP contribution in [-0.2, 0) is 14.3 Å². The SMILES string of the molecule is CCCCOCCN[C@@H](C)C(=O)OC(C)(C)C. The maximum Gasteiger partial charge on any atom is 0.323 e. The van der Waals surface area contributed by atoms with Gasteiger partial charge in [-0.25, -0.2) is 0 Å². The summed E-state index contributed by atoms with van der Waals surface area (Å²) in [6.45, 7) is 11.6. The second kappa shape index (κ2) is 8.48. The van der Waals surface area contributed by atoms with Crippen molar-refractivity contribution in [2.75, 3.05) is 19.8 Å². The first kappa shape index (κ1) is 16.4. The summed E-state index contributed by atoms with van der Waals surface area (Å²) in [6, 6.07) is -0.288. The Morgan fingerprint density at radius 1 is 1.29 bits per heavy atom. The lowest BCUT2D eigenvalue weighted by molar-refractivity contribution is -0.157. The fraction of sp³-hybridized carbons (Fsp3) is 0.923. The van der Waals surface area contributed by atoms with Crippen LogP contribution in [0.5, 0.6) is 0 Å². The number of ether oxygens (including phenoxy) is 2. The average molecular weight is 245 g/mol. The van der Waals surface area contributed by atoms with Crippen LogP contribution in [0.2, 0.25) is 0 Å². The molecule has 1 N–H and O–H groups in total. The average Bonchev–Trinajstić information content (AvgIpc) is 2.20. The van der Waals surface area contributed by atoms with Gasteiger partial charge in [0.1, 0.15) is 11.6 Å². The monoisotopic (exact) mass is 245 g/mol. The van der Waals surface area contributed by atoms with Crippen molar-refractivity contribution in [3.05, 3.63) is 0 Å². The Kier molecular flexibility index (Phi) is 8.17. The second-order valence-corrected chi connectivity index (χ2v) is 5.18. The van der Waals surface area contributed by atoms with Crippen LogP contribution in [0.4, 0.5) is 0 Å². The Hall–Kier alpha value is -0.610. The highest BCUT2D eigenvalue weighted by Crippen LogP contribution is 2.08. The molecule has 0 unspecified atom stereocenters. The minimum Gasteiger partial charge on any atom is -0.459 e. The fourth-order valence-corrected chi connectivity index (χ4v) is 1.17. The molecule has 0 bridgehead atoms. The highest BCUT2D eigenvalue weighted by molar-refractivity contribution is 5.75. The molecule has 17 heavy (non-hydrogen) atoms. The third-order valence-corrected chi connectivity index (χ3v) is 2.10. The quantitative estimate of drug-likeness (QED) is 0.525. The number of carbonyl (C=O) groups excluding carboxylic acids is 1. The first-order chi connectivity index (χ1) is 7.87. The molecule has 0 radical (unpaired) electrons. The lowest BCUT2D eigenvalue weighted by atomic mass is 10.2. The van der Waals surface area contributed by atoms with E-state index in [-0.39, 0.29) is 12.0 Å². The van der Waals surface area contributed by atoms with Crippen molar-refractivity contribution in [3.63, 3.8) is 0 Å². The third kappa shape index (κ3) is 10.3. The lowest BCUT2D eigenvalue weighted by Crippen LogP contribution is -2.40. The van der Waals surface area contributed by atoms with Gasteiger partial charge in [-0.15, -0.1) is 0 Å². The summed E-state index contributed by atoms with van der Waals surface area (Å²) in [5, 5.41) is 3.08. The first-order valence-electron chi connectivity index (χ1n) is 6.41. The van der Waals surface area contributed by atoms with E-state index in [2.05, 4.69) is 12.2 Å². The van der Waals surface area contributed by atoms with Crippen molar-refractivity contribution in [3.8, 4) is 0 Å². The van der Waals surface area contributed by atoms with Gasteiger partial charge in [-0.05, 0) is 34.1 Å². The summed E-state index contributed by atoms with van der Waals surface area (Å²) in [4.78, 5) is 11.6. The van der Waals surface area contributed by atoms with Crippen LogP contribution in [-0.4, -0.2) is 37.4 Å². The molecule has 0 aliphatic rings. The standard InChI is InChI=1S/C13H27NO3/c1-6-7-9-16-10-8-14-11(2)12(15)17-13(3,4)5/h11,14H,6-10H2,1-5H3/t11-/m0/s1. The Balaban J connectivity index is 3.58. The number of carbonyl (C=O) groups is 1. The van der Waals surface area contributed by atoms with Crippen molar-refractivity contribution < 1.29 is 14.3 Å². The van der Waals surface area contributed by atoms with Crippen LogP contribution >= 0.6 is 0 Å². The Labute approximate surface area is 105 Å². The number of rotatable bonds is 8. The van der Waals surface area contributed by atoms with Crippen molar-refractivity contribution in [1.29, 1.82) is 0 Å². The van der Waals surface area contributed by atoms with Gasteiger partial charge in [0.2, 0.25) is 0 Å². The molecule has 0 saturated heterocycles. The molecule has 1 atom stereocenters. The third-order valence-electron chi connectivity index (χ3n) is 2.10. The molecule has 0 heterocycles. The van der Waals surface area contributed by atoms with Crippen molar-refractivity contribution in [2.24, 2.45) is 0 Å². The van der Waals surface area contributed by atoms with Crippen LogP contribution in [0.15, 0.2) is 0 Å². The zero-order valence-electron chi connectivity index (χ0n) is 11.8. The summed E-state index contributed by atoms with van der Waals surface area (Å²) in [5.74, 6) is -0.217. The molecular weight excluding hydrogens is 218 g/mol. The predicted molar refractivity (Wildman–Crippen MR) is 69.0 cm³/mol. The predicted octanol–water partition coefficient (Wildman–Crippen LogP) is 2.12. The van der Waals surface area contributed by atoms with E-state index in [4.69, 9.17) is 9.47 Å². The molecule has 102 valence electrons. The summed E-state index contributed by atoms with van der Waals surface area (Å²) < 4.78 is 10.6. The molecular formula is C13H27NO3.